The highest BCUT2D eigenvalue weighted by molar-refractivity contribution is 7.89. The highest BCUT2D eigenvalue weighted by Crippen LogP contribution is 2.30. The lowest BCUT2D eigenvalue weighted by molar-refractivity contribution is -0.137. The average Bonchev–Trinajstić information content (AvgIpc) is 2.46. The van der Waals surface area contributed by atoms with Gasteiger partial charge in [0, 0.05) is 13.1 Å². The number of sulfonamides is 1. The van der Waals surface area contributed by atoms with Crippen LogP contribution in [-0.2, 0) is 16.2 Å². The van der Waals surface area contributed by atoms with Gasteiger partial charge in [-0.15, -0.1) is 0 Å². The van der Waals surface area contributed by atoms with E-state index in [2.05, 4.69) is 0 Å². The third kappa shape index (κ3) is 3.45. The summed E-state index contributed by atoms with van der Waals surface area (Å²) < 4.78 is 64.9. The zero-order valence-corrected chi connectivity index (χ0v) is 12.4. The van der Waals surface area contributed by atoms with Crippen molar-refractivity contribution < 1.29 is 31.6 Å². The molecule has 0 radical (unpaired) electrons. The van der Waals surface area contributed by atoms with Gasteiger partial charge in [0.05, 0.1) is 10.5 Å². The minimum atomic E-state index is -4.88. The molecule has 0 saturated carbocycles. The Balaban J connectivity index is 2.48. The van der Waals surface area contributed by atoms with Crippen LogP contribution in [0.15, 0.2) is 23.1 Å². The van der Waals surface area contributed by atoms with E-state index in [-0.39, 0.29) is 13.1 Å². The van der Waals surface area contributed by atoms with Gasteiger partial charge in [0.1, 0.15) is 0 Å². The third-order valence-electron chi connectivity index (χ3n) is 3.56. The second-order valence-corrected chi connectivity index (χ2v) is 7.02. The normalized spacial score (nSPS) is 17.5. The Morgan fingerprint density at radius 2 is 1.68 bits per heavy atom. The maximum atomic E-state index is 13.0. The molecular formula is C12H15BF3NO4S. The standard InChI is InChI=1S/C12H15BF3NO4S/c14-12(15,16)10-8-9(4-5-11(10)13(18)19)22(20,21)17-6-2-1-3-7-17/h4-5,8,18-19H,1-3,6-7H2. The van der Waals surface area contributed by atoms with Gasteiger partial charge < -0.3 is 10.0 Å². The van der Waals surface area contributed by atoms with E-state index >= 15 is 0 Å². The molecule has 5 nitrogen and oxygen atoms in total. The number of benzene rings is 1. The molecule has 0 aliphatic carbocycles. The average molecular weight is 337 g/mol. The molecule has 122 valence electrons. The van der Waals surface area contributed by atoms with Gasteiger partial charge in [-0.3, -0.25) is 0 Å². The lowest BCUT2D eigenvalue weighted by Crippen LogP contribution is -2.38. The second kappa shape index (κ2) is 6.19. The van der Waals surface area contributed by atoms with Crippen molar-refractivity contribution in [3.63, 3.8) is 0 Å². The van der Waals surface area contributed by atoms with Gasteiger partial charge in [-0.25, -0.2) is 8.42 Å². The van der Waals surface area contributed by atoms with E-state index in [9.17, 15) is 21.6 Å². The van der Waals surface area contributed by atoms with Crippen LogP contribution in [0.5, 0.6) is 0 Å². The molecule has 1 aliphatic heterocycles. The minimum absolute atomic E-state index is 0.272. The van der Waals surface area contributed by atoms with Crippen molar-refractivity contribution >= 4 is 22.6 Å². The number of rotatable bonds is 3. The van der Waals surface area contributed by atoms with Crippen LogP contribution in [0.2, 0.25) is 0 Å². The predicted molar refractivity (Wildman–Crippen MR) is 73.9 cm³/mol. The first-order valence-electron chi connectivity index (χ1n) is 6.71. The molecule has 0 unspecified atom stereocenters. The minimum Gasteiger partial charge on any atom is -0.423 e. The Kier molecular flexibility index (Phi) is 4.86. The van der Waals surface area contributed by atoms with Gasteiger partial charge >= 0.3 is 13.3 Å². The fraction of sp³-hybridized carbons (Fsp3) is 0.500. The van der Waals surface area contributed by atoms with Gasteiger partial charge in [0.15, 0.2) is 0 Å². The fourth-order valence-electron chi connectivity index (χ4n) is 2.42. The molecule has 2 rings (SSSR count). The van der Waals surface area contributed by atoms with Crippen LogP contribution in [0.4, 0.5) is 13.2 Å². The molecule has 2 N–H and O–H groups in total. The molecule has 1 fully saturated rings. The SMILES string of the molecule is O=S(=O)(c1ccc(B(O)O)c(C(F)(F)F)c1)N1CCCCC1. The van der Waals surface area contributed by atoms with Crippen molar-refractivity contribution in [2.45, 2.75) is 30.3 Å². The van der Waals surface area contributed by atoms with Crippen LogP contribution in [-0.4, -0.2) is 43.0 Å². The first kappa shape index (κ1) is 17.3. The van der Waals surface area contributed by atoms with E-state index < -0.39 is 39.2 Å². The molecule has 1 heterocycles. The molecule has 1 aromatic carbocycles. The van der Waals surface area contributed by atoms with Gasteiger partial charge in [-0.2, -0.15) is 17.5 Å². The maximum absolute atomic E-state index is 13.0. The number of halogens is 3. The van der Waals surface area contributed by atoms with E-state index in [1.165, 1.54) is 0 Å². The summed E-state index contributed by atoms with van der Waals surface area (Å²) in [6.07, 6.45) is -2.67. The number of nitrogens with zero attached hydrogens (tertiary/aromatic N) is 1. The van der Waals surface area contributed by atoms with Crippen molar-refractivity contribution in [1.82, 2.24) is 4.31 Å². The zero-order valence-electron chi connectivity index (χ0n) is 11.5. The maximum Gasteiger partial charge on any atom is 0.489 e. The quantitative estimate of drug-likeness (QED) is 0.790. The smallest absolute Gasteiger partial charge is 0.423 e. The van der Waals surface area contributed by atoms with Crippen LogP contribution >= 0.6 is 0 Å². The number of piperidine rings is 1. The Morgan fingerprint density at radius 1 is 1.09 bits per heavy atom. The number of hydrogen-bond donors (Lipinski definition) is 2. The van der Waals surface area contributed by atoms with E-state index in [0.29, 0.717) is 18.9 Å². The summed E-state index contributed by atoms with van der Waals surface area (Å²) in [5.41, 5.74) is -2.13. The van der Waals surface area contributed by atoms with Gasteiger partial charge in [-0.05, 0) is 30.4 Å². The van der Waals surface area contributed by atoms with E-state index in [0.717, 1.165) is 22.9 Å². The monoisotopic (exact) mass is 337 g/mol. The summed E-state index contributed by atoms with van der Waals surface area (Å²) in [6, 6.07) is 2.21. The Bertz CT molecular complexity index is 642. The fourth-order valence-corrected chi connectivity index (χ4v) is 3.96. The number of hydrogen-bond acceptors (Lipinski definition) is 4. The summed E-state index contributed by atoms with van der Waals surface area (Å²) in [5, 5.41) is 18.0. The van der Waals surface area contributed by atoms with Crippen molar-refractivity contribution in [3.8, 4) is 0 Å². The molecule has 1 saturated heterocycles. The molecule has 0 bridgehead atoms. The Morgan fingerprint density at radius 3 is 2.18 bits per heavy atom. The van der Waals surface area contributed by atoms with Crippen molar-refractivity contribution in [2.75, 3.05) is 13.1 Å². The summed E-state index contributed by atoms with van der Waals surface area (Å²) in [4.78, 5) is -0.494. The van der Waals surface area contributed by atoms with Crippen LogP contribution in [0.25, 0.3) is 0 Å². The van der Waals surface area contributed by atoms with Crippen molar-refractivity contribution in [1.29, 1.82) is 0 Å². The van der Waals surface area contributed by atoms with Gasteiger partial charge in [0.25, 0.3) is 0 Å². The van der Waals surface area contributed by atoms with Gasteiger partial charge in [0.2, 0.25) is 10.0 Å². The lowest BCUT2D eigenvalue weighted by atomic mass is 9.77. The molecule has 1 aromatic rings. The molecule has 1 aliphatic rings. The van der Waals surface area contributed by atoms with Crippen molar-refractivity contribution in [3.05, 3.63) is 23.8 Å². The molecule has 0 aromatic heterocycles. The van der Waals surface area contributed by atoms with E-state index in [4.69, 9.17) is 10.0 Å². The van der Waals surface area contributed by atoms with Gasteiger partial charge in [-0.1, -0.05) is 12.5 Å². The summed E-state index contributed by atoms with van der Waals surface area (Å²) in [7, 11) is -6.35. The molecular weight excluding hydrogens is 322 g/mol. The predicted octanol–water partition coefficient (Wildman–Crippen LogP) is 0.560. The first-order chi connectivity index (χ1) is 10.1. The summed E-state index contributed by atoms with van der Waals surface area (Å²) in [6.45, 7) is 0.544. The molecule has 0 atom stereocenters. The Labute approximate surface area is 126 Å². The topological polar surface area (TPSA) is 77.8 Å². The number of alkyl halides is 3. The summed E-state index contributed by atoms with van der Waals surface area (Å²) in [5.74, 6) is 0. The van der Waals surface area contributed by atoms with Crippen LogP contribution in [0, 0.1) is 0 Å². The molecule has 0 amide bonds. The van der Waals surface area contributed by atoms with E-state index in [1.54, 1.807) is 0 Å². The highest BCUT2D eigenvalue weighted by Gasteiger charge is 2.38. The van der Waals surface area contributed by atoms with Crippen LogP contribution < -0.4 is 5.46 Å². The zero-order chi connectivity index (χ0) is 16.5. The lowest BCUT2D eigenvalue weighted by Gasteiger charge is -2.26. The largest absolute Gasteiger partial charge is 0.489 e. The molecule has 10 heteroatoms. The van der Waals surface area contributed by atoms with Crippen LogP contribution in [0.3, 0.4) is 0 Å². The molecule has 22 heavy (non-hydrogen) atoms. The van der Waals surface area contributed by atoms with Crippen molar-refractivity contribution in [2.24, 2.45) is 0 Å². The van der Waals surface area contributed by atoms with E-state index in [1.807, 2.05) is 0 Å². The Hall–Kier alpha value is -1.10. The second-order valence-electron chi connectivity index (χ2n) is 5.09. The summed E-state index contributed by atoms with van der Waals surface area (Å²) >= 11 is 0. The third-order valence-corrected chi connectivity index (χ3v) is 5.46. The first-order valence-corrected chi connectivity index (χ1v) is 8.15. The highest BCUT2D eigenvalue weighted by atomic mass is 32.2. The molecule has 0 spiro atoms. The van der Waals surface area contributed by atoms with Crippen LogP contribution in [0.1, 0.15) is 24.8 Å².